The summed E-state index contributed by atoms with van der Waals surface area (Å²) in [6.45, 7) is 1.72. The van der Waals surface area contributed by atoms with Crippen molar-refractivity contribution in [1.82, 2.24) is 10.2 Å². The summed E-state index contributed by atoms with van der Waals surface area (Å²) < 4.78 is 26.2. The Balaban J connectivity index is 2.27. The Morgan fingerprint density at radius 3 is 2.82 bits per heavy atom. The van der Waals surface area contributed by atoms with Crippen molar-refractivity contribution in [2.45, 2.75) is 6.92 Å². The van der Waals surface area contributed by atoms with Crippen LogP contribution in [0.4, 0.5) is 14.6 Å². The normalized spacial score (nSPS) is 10.3. The third kappa shape index (κ3) is 2.15. The highest BCUT2D eigenvalue weighted by Gasteiger charge is 2.16. The van der Waals surface area contributed by atoms with E-state index in [1.54, 1.807) is 6.92 Å². The summed E-state index contributed by atoms with van der Waals surface area (Å²) in [6, 6.07) is 3.43. The Hall–Kier alpha value is -2.24. The average molecular weight is 237 g/mol. The fourth-order valence-corrected chi connectivity index (χ4v) is 1.33. The molecule has 0 radical (unpaired) electrons. The van der Waals surface area contributed by atoms with E-state index in [0.29, 0.717) is 11.4 Å². The van der Waals surface area contributed by atoms with E-state index in [1.165, 1.54) is 18.3 Å². The third-order valence-electron chi connectivity index (χ3n) is 2.26. The first-order valence-electron chi connectivity index (χ1n) is 4.85. The largest absolute Gasteiger partial charge is 0.307 e. The molecule has 1 aromatic heterocycles. The van der Waals surface area contributed by atoms with Gasteiger partial charge in [-0.2, -0.15) is 5.10 Å². The van der Waals surface area contributed by atoms with Crippen LogP contribution in [-0.2, 0) is 0 Å². The maximum absolute atomic E-state index is 13.3. The fraction of sp³-hybridized carbons (Fsp3) is 0.0909. The van der Waals surface area contributed by atoms with Gasteiger partial charge in [-0.25, -0.2) is 8.78 Å². The summed E-state index contributed by atoms with van der Waals surface area (Å²) in [6.07, 6.45) is 1.51. The average Bonchev–Trinajstić information content (AvgIpc) is 2.68. The van der Waals surface area contributed by atoms with Gasteiger partial charge in [-0.1, -0.05) is 6.07 Å². The molecular weight excluding hydrogens is 228 g/mol. The molecule has 0 saturated carbocycles. The van der Waals surface area contributed by atoms with Gasteiger partial charge >= 0.3 is 0 Å². The number of aromatic amines is 1. The minimum Gasteiger partial charge on any atom is -0.307 e. The molecule has 0 bridgehead atoms. The van der Waals surface area contributed by atoms with Gasteiger partial charge in [-0.05, 0) is 19.1 Å². The van der Waals surface area contributed by atoms with Crippen molar-refractivity contribution in [3.05, 3.63) is 47.2 Å². The highest BCUT2D eigenvalue weighted by molar-refractivity contribution is 6.04. The molecule has 6 heteroatoms. The van der Waals surface area contributed by atoms with Crippen LogP contribution in [0.25, 0.3) is 0 Å². The number of carbonyl (C=O) groups is 1. The van der Waals surface area contributed by atoms with E-state index < -0.39 is 17.5 Å². The number of nitrogens with zero attached hydrogens (tertiary/aromatic N) is 1. The zero-order valence-corrected chi connectivity index (χ0v) is 8.92. The SMILES string of the molecule is Cc1cn[nH]c1NC(=O)c1cccc(F)c1F. The fourth-order valence-electron chi connectivity index (χ4n) is 1.33. The molecule has 0 fully saturated rings. The zero-order valence-electron chi connectivity index (χ0n) is 8.92. The van der Waals surface area contributed by atoms with Crippen LogP contribution in [0.15, 0.2) is 24.4 Å². The molecule has 0 spiro atoms. The Labute approximate surface area is 95.7 Å². The Morgan fingerprint density at radius 2 is 2.18 bits per heavy atom. The lowest BCUT2D eigenvalue weighted by Gasteiger charge is -2.05. The van der Waals surface area contributed by atoms with Gasteiger partial charge in [0.05, 0.1) is 11.8 Å². The maximum atomic E-state index is 13.3. The Kier molecular flexibility index (Phi) is 2.86. The maximum Gasteiger partial charge on any atom is 0.259 e. The summed E-state index contributed by atoms with van der Waals surface area (Å²) in [5.74, 6) is -2.59. The highest BCUT2D eigenvalue weighted by atomic mass is 19.2. The molecule has 0 saturated heterocycles. The zero-order chi connectivity index (χ0) is 12.4. The van der Waals surface area contributed by atoms with Crippen molar-refractivity contribution in [2.75, 3.05) is 5.32 Å². The number of rotatable bonds is 2. The first-order valence-corrected chi connectivity index (χ1v) is 4.85. The van der Waals surface area contributed by atoms with E-state index in [4.69, 9.17) is 0 Å². The molecule has 1 amide bonds. The highest BCUT2D eigenvalue weighted by Crippen LogP contribution is 2.14. The molecule has 17 heavy (non-hydrogen) atoms. The second kappa shape index (κ2) is 4.32. The third-order valence-corrected chi connectivity index (χ3v) is 2.26. The molecule has 2 aromatic rings. The van der Waals surface area contributed by atoms with Crippen LogP contribution in [0.1, 0.15) is 15.9 Å². The van der Waals surface area contributed by atoms with Gasteiger partial charge in [0.15, 0.2) is 11.6 Å². The lowest BCUT2D eigenvalue weighted by atomic mass is 10.2. The summed E-state index contributed by atoms with van der Waals surface area (Å²) in [5, 5.41) is 8.65. The molecule has 0 atom stereocenters. The number of halogens is 2. The van der Waals surface area contributed by atoms with Crippen molar-refractivity contribution < 1.29 is 13.6 Å². The monoisotopic (exact) mass is 237 g/mol. The van der Waals surface area contributed by atoms with Crippen molar-refractivity contribution >= 4 is 11.7 Å². The minimum atomic E-state index is -1.16. The topological polar surface area (TPSA) is 57.8 Å². The second-order valence-corrected chi connectivity index (χ2v) is 3.48. The van der Waals surface area contributed by atoms with Gasteiger partial charge < -0.3 is 5.32 Å². The van der Waals surface area contributed by atoms with E-state index in [9.17, 15) is 13.6 Å². The molecule has 0 unspecified atom stereocenters. The van der Waals surface area contributed by atoms with Crippen LogP contribution in [-0.4, -0.2) is 16.1 Å². The second-order valence-electron chi connectivity index (χ2n) is 3.48. The molecule has 1 heterocycles. The summed E-state index contributed by atoms with van der Waals surface area (Å²) in [7, 11) is 0. The number of H-pyrrole nitrogens is 1. The van der Waals surface area contributed by atoms with Gasteiger partial charge in [-0.15, -0.1) is 0 Å². The van der Waals surface area contributed by atoms with Gasteiger partial charge in [0.25, 0.3) is 5.91 Å². The quantitative estimate of drug-likeness (QED) is 0.841. The summed E-state index contributed by atoms with van der Waals surface area (Å²) in [4.78, 5) is 11.7. The van der Waals surface area contributed by atoms with Crippen molar-refractivity contribution in [3.63, 3.8) is 0 Å². The van der Waals surface area contributed by atoms with Gasteiger partial charge in [0.2, 0.25) is 0 Å². The molecule has 0 aliphatic carbocycles. The van der Waals surface area contributed by atoms with E-state index in [0.717, 1.165) is 6.07 Å². The van der Waals surface area contributed by atoms with Gasteiger partial charge in [-0.3, -0.25) is 9.89 Å². The lowest BCUT2D eigenvalue weighted by Crippen LogP contribution is -2.15. The molecule has 2 rings (SSSR count). The van der Waals surface area contributed by atoms with Crippen LogP contribution in [0, 0.1) is 18.6 Å². The summed E-state index contributed by atoms with van der Waals surface area (Å²) in [5.41, 5.74) is 0.356. The van der Waals surface area contributed by atoms with E-state index in [-0.39, 0.29) is 5.56 Å². The Bertz CT molecular complexity index is 566. The van der Waals surface area contributed by atoms with Crippen LogP contribution in [0.2, 0.25) is 0 Å². The number of nitrogens with one attached hydrogen (secondary N) is 2. The molecule has 0 aliphatic rings. The number of aromatic nitrogens is 2. The smallest absolute Gasteiger partial charge is 0.259 e. The molecule has 1 aromatic carbocycles. The number of amides is 1. The molecule has 4 nitrogen and oxygen atoms in total. The predicted molar refractivity (Wildman–Crippen MR) is 57.6 cm³/mol. The summed E-state index contributed by atoms with van der Waals surface area (Å²) >= 11 is 0. The number of hydrogen-bond acceptors (Lipinski definition) is 2. The van der Waals surface area contributed by atoms with Gasteiger partial charge in [0, 0.05) is 5.56 Å². The standard InChI is InChI=1S/C11H9F2N3O/c1-6-5-14-16-10(6)15-11(17)7-3-2-4-8(12)9(7)13/h2-5H,1H3,(H2,14,15,16,17). The molecule has 0 aliphatic heterocycles. The molecule has 88 valence electrons. The van der Waals surface area contributed by atoms with E-state index in [1.807, 2.05) is 0 Å². The van der Waals surface area contributed by atoms with E-state index >= 15 is 0 Å². The number of anilines is 1. The molecule has 2 N–H and O–H groups in total. The number of hydrogen-bond donors (Lipinski definition) is 2. The molecular formula is C11H9F2N3O. The predicted octanol–water partition coefficient (Wildman–Crippen LogP) is 2.25. The first kappa shape index (κ1) is 11.3. The van der Waals surface area contributed by atoms with Crippen molar-refractivity contribution in [3.8, 4) is 0 Å². The van der Waals surface area contributed by atoms with Crippen LogP contribution in [0.5, 0.6) is 0 Å². The minimum absolute atomic E-state index is 0.348. The number of benzene rings is 1. The van der Waals surface area contributed by atoms with Crippen LogP contribution >= 0.6 is 0 Å². The van der Waals surface area contributed by atoms with E-state index in [2.05, 4.69) is 15.5 Å². The number of aryl methyl sites for hydroxylation is 1. The van der Waals surface area contributed by atoms with Crippen molar-refractivity contribution in [1.29, 1.82) is 0 Å². The van der Waals surface area contributed by atoms with Crippen LogP contribution < -0.4 is 5.32 Å². The van der Waals surface area contributed by atoms with Crippen LogP contribution in [0.3, 0.4) is 0 Å². The van der Waals surface area contributed by atoms with Crippen molar-refractivity contribution in [2.24, 2.45) is 0 Å². The van der Waals surface area contributed by atoms with Gasteiger partial charge in [0.1, 0.15) is 5.82 Å². The first-order chi connectivity index (χ1) is 8.09. The Morgan fingerprint density at radius 1 is 1.41 bits per heavy atom. The lowest BCUT2D eigenvalue weighted by molar-refractivity contribution is 0.102. The number of carbonyl (C=O) groups excluding carboxylic acids is 1.